The van der Waals surface area contributed by atoms with Crippen LogP contribution in [-0.4, -0.2) is 135 Å². The maximum atomic E-state index is 6.14. The molecule has 0 aliphatic carbocycles. The Morgan fingerprint density at radius 1 is 0.543 bits per heavy atom. The van der Waals surface area contributed by atoms with E-state index in [-0.39, 0.29) is 0 Å². The van der Waals surface area contributed by atoms with E-state index in [0.29, 0.717) is 92.4 Å². The number of ether oxygens (including phenoxy) is 7. The van der Waals surface area contributed by atoms with Crippen molar-refractivity contribution in [3.8, 4) is 0 Å². The largest absolute Gasteiger partial charge is 0.383 e. The Balaban J connectivity index is 5.38. The van der Waals surface area contributed by atoms with Crippen molar-refractivity contribution >= 4 is 15.1 Å². The summed E-state index contributed by atoms with van der Waals surface area (Å²) in [6.45, 7) is 7.78. The number of hydrogen-bond donors (Lipinski definition) is 1. The van der Waals surface area contributed by atoms with E-state index in [9.17, 15) is 0 Å². The number of methoxy groups -OCH3 is 4. The molecule has 0 spiro atoms. The van der Waals surface area contributed by atoms with Gasteiger partial charge in [0, 0.05) is 48.7 Å². The molecule has 212 valence electrons. The minimum Gasteiger partial charge on any atom is -0.383 e. The summed E-state index contributed by atoms with van der Waals surface area (Å²) >= 11 is 0. The highest BCUT2D eigenvalue weighted by atomic mass is 31.2. The Labute approximate surface area is 211 Å². The fraction of sp³-hybridized carbons (Fsp3) is 1.00. The highest BCUT2D eigenvalue weighted by molar-refractivity contribution is 7.68. The molecule has 1 unspecified atom stereocenters. The van der Waals surface area contributed by atoms with Crippen molar-refractivity contribution in [1.29, 1.82) is 0 Å². The van der Waals surface area contributed by atoms with Crippen molar-refractivity contribution in [2.45, 2.75) is 0 Å². The molecule has 0 aliphatic rings. The third-order valence-electron chi connectivity index (χ3n) is 4.09. The molecule has 1 N–H and O–H groups in total. The molecule has 0 amide bonds. The van der Waals surface area contributed by atoms with Gasteiger partial charge in [-0.2, -0.15) is 4.52 Å². The Hall–Kier alpha value is 0.0200. The van der Waals surface area contributed by atoms with Crippen LogP contribution in [0.2, 0.25) is 0 Å². The summed E-state index contributed by atoms with van der Waals surface area (Å²) in [5, 5.41) is 3.30. The van der Waals surface area contributed by atoms with Crippen LogP contribution in [0.5, 0.6) is 0 Å². The van der Waals surface area contributed by atoms with Gasteiger partial charge in [0.05, 0.1) is 85.9 Å². The van der Waals surface area contributed by atoms with Crippen LogP contribution in [0.3, 0.4) is 0 Å². The molecular weight excluding hydrogens is 504 g/mol. The monoisotopic (exact) mass is 551 g/mol. The summed E-state index contributed by atoms with van der Waals surface area (Å²) in [6.07, 6.45) is 0. The van der Waals surface area contributed by atoms with Crippen LogP contribution in [0.15, 0.2) is 9.26 Å². The first-order valence-electron chi connectivity index (χ1n) is 11.5. The van der Waals surface area contributed by atoms with E-state index >= 15 is 0 Å². The van der Waals surface area contributed by atoms with E-state index in [0.717, 1.165) is 0 Å². The lowest BCUT2D eigenvalue weighted by atomic mass is 10.7. The normalized spacial score (nSPS) is 13.7. The van der Waals surface area contributed by atoms with Crippen LogP contribution in [0.1, 0.15) is 0 Å². The third-order valence-corrected chi connectivity index (χ3v) is 9.40. The smallest absolute Gasteiger partial charge is 0.272 e. The second-order valence-electron chi connectivity index (χ2n) is 6.85. The van der Waals surface area contributed by atoms with E-state index < -0.39 is 15.1 Å². The van der Waals surface area contributed by atoms with E-state index in [1.54, 1.807) is 35.5 Å². The van der Waals surface area contributed by atoms with Crippen molar-refractivity contribution in [2.24, 2.45) is 9.26 Å². The standard InChI is InChI=1S/C20H47N3O10P2/c1-21-35(22-7-8-24-2,33-20-17-30-14-11-27-5)23-34(6,31-18-15-28-12-9-25-3)32-19-16-29-13-10-26-4/h22H,7-20H2,1-6H3. The lowest BCUT2D eigenvalue weighted by Gasteiger charge is -2.27. The molecule has 0 aliphatic heterocycles. The van der Waals surface area contributed by atoms with Gasteiger partial charge in [0.2, 0.25) is 7.51 Å². The molecule has 0 saturated carbocycles. The summed E-state index contributed by atoms with van der Waals surface area (Å²) in [7, 11) is 2.57. The number of nitrogens with zero attached hydrogens (tertiary/aromatic N) is 2. The van der Waals surface area contributed by atoms with Crippen molar-refractivity contribution in [1.82, 2.24) is 5.09 Å². The molecule has 0 aromatic rings. The predicted octanol–water partition coefficient (Wildman–Crippen LogP) is 2.50. The fourth-order valence-corrected chi connectivity index (χ4v) is 7.28. The zero-order chi connectivity index (χ0) is 26.1. The van der Waals surface area contributed by atoms with Gasteiger partial charge in [-0.25, -0.2) is 9.83 Å². The molecule has 13 nitrogen and oxygen atoms in total. The van der Waals surface area contributed by atoms with Crippen molar-refractivity contribution in [3.05, 3.63) is 0 Å². The molecule has 0 aromatic heterocycles. The summed E-state index contributed by atoms with van der Waals surface area (Å²) in [5.41, 5.74) is 0. The van der Waals surface area contributed by atoms with E-state index in [1.807, 2.05) is 6.66 Å². The fourth-order valence-electron chi connectivity index (χ4n) is 2.36. The van der Waals surface area contributed by atoms with Gasteiger partial charge in [-0.15, -0.1) is 0 Å². The Bertz CT molecular complexity index is 567. The number of hydrogen-bond acceptors (Lipinski definition) is 11. The first-order valence-corrected chi connectivity index (χ1v) is 15.1. The van der Waals surface area contributed by atoms with Gasteiger partial charge in [0.15, 0.2) is 0 Å². The second kappa shape index (κ2) is 24.4. The maximum Gasteiger partial charge on any atom is 0.272 e. The zero-order valence-corrected chi connectivity index (χ0v) is 24.1. The van der Waals surface area contributed by atoms with Gasteiger partial charge >= 0.3 is 0 Å². The summed E-state index contributed by atoms with van der Waals surface area (Å²) in [5.74, 6) is 0. The molecule has 35 heavy (non-hydrogen) atoms. The molecule has 0 radical (unpaired) electrons. The van der Waals surface area contributed by atoms with Gasteiger partial charge in [-0.05, 0) is 0 Å². The van der Waals surface area contributed by atoms with E-state index in [1.165, 1.54) is 0 Å². The van der Waals surface area contributed by atoms with Crippen LogP contribution in [0.4, 0.5) is 0 Å². The van der Waals surface area contributed by atoms with Crippen LogP contribution in [-0.2, 0) is 46.7 Å². The molecule has 0 saturated heterocycles. The second-order valence-corrected chi connectivity index (χ2v) is 11.8. The highest BCUT2D eigenvalue weighted by Gasteiger charge is 2.26. The van der Waals surface area contributed by atoms with Crippen molar-refractivity contribution in [2.75, 3.05) is 135 Å². The van der Waals surface area contributed by atoms with Gasteiger partial charge < -0.3 is 46.7 Å². The third kappa shape index (κ3) is 19.8. The predicted molar refractivity (Wildman–Crippen MR) is 136 cm³/mol. The van der Waals surface area contributed by atoms with E-state index in [2.05, 4.69) is 9.83 Å². The minimum absolute atomic E-state index is 0.290. The van der Waals surface area contributed by atoms with Crippen molar-refractivity contribution < 1.29 is 46.7 Å². The quantitative estimate of drug-likeness (QED) is 0.126. The number of rotatable bonds is 26. The SMILES string of the molecule is CN=P(N=P(C)(OCCOCCOC)OCCOCCOC)(NCCOC)OCCOCCOC. The first kappa shape index (κ1) is 35.0. The Morgan fingerprint density at radius 2 is 0.943 bits per heavy atom. The van der Waals surface area contributed by atoms with Gasteiger partial charge in [-0.1, -0.05) is 0 Å². The van der Waals surface area contributed by atoms with Crippen molar-refractivity contribution in [3.63, 3.8) is 0 Å². The molecule has 0 heterocycles. The minimum atomic E-state index is -2.83. The molecule has 0 aromatic carbocycles. The zero-order valence-electron chi connectivity index (χ0n) is 22.3. The van der Waals surface area contributed by atoms with Gasteiger partial charge in [-0.3, -0.25) is 0 Å². The molecule has 15 heteroatoms. The lowest BCUT2D eigenvalue weighted by molar-refractivity contribution is 0.0446. The van der Waals surface area contributed by atoms with Crippen LogP contribution >= 0.6 is 15.1 Å². The summed E-state index contributed by atoms with van der Waals surface area (Å²) in [6, 6.07) is 0. The molecular formula is C20H47N3O10P2. The molecule has 0 bridgehead atoms. The van der Waals surface area contributed by atoms with E-state index in [4.69, 9.17) is 51.2 Å². The molecule has 0 fully saturated rings. The summed E-state index contributed by atoms with van der Waals surface area (Å²) < 4.78 is 64.5. The average Bonchev–Trinajstić information content (AvgIpc) is 2.85. The number of nitrogens with one attached hydrogen (secondary N) is 1. The van der Waals surface area contributed by atoms with Crippen LogP contribution < -0.4 is 5.09 Å². The first-order chi connectivity index (χ1) is 17.0. The highest BCUT2D eigenvalue weighted by Crippen LogP contribution is 2.61. The molecule has 1 atom stereocenters. The Kier molecular flexibility index (Phi) is 24.4. The Morgan fingerprint density at radius 3 is 1.34 bits per heavy atom. The molecule has 0 rings (SSSR count). The lowest BCUT2D eigenvalue weighted by Crippen LogP contribution is -2.19. The van der Waals surface area contributed by atoms with Crippen LogP contribution in [0.25, 0.3) is 0 Å². The van der Waals surface area contributed by atoms with Gasteiger partial charge in [0.1, 0.15) is 0 Å². The average molecular weight is 552 g/mol. The van der Waals surface area contributed by atoms with Crippen LogP contribution in [0, 0.1) is 0 Å². The maximum absolute atomic E-state index is 6.14. The summed E-state index contributed by atoms with van der Waals surface area (Å²) in [4.78, 5) is 0. The van der Waals surface area contributed by atoms with Gasteiger partial charge in [0.25, 0.3) is 7.58 Å². The topological polar surface area (TPSA) is 129 Å².